The van der Waals surface area contributed by atoms with Crippen LogP contribution in [-0.2, 0) is 20.8 Å². The molecule has 0 bridgehead atoms. The SMILES string of the molecule is C=C(C)[C@H]1O[C@@H](c2ccccc2)OC[C@@H]1COCc1ccccc1. The molecule has 1 heterocycles. The van der Waals surface area contributed by atoms with Gasteiger partial charge in [0.25, 0.3) is 0 Å². The minimum absolute atomic E-state index is 0.0558. The van der Waals surface area contributed by atoms with Crippen molar-refractivity contribution in [3.63, 3.8) is 0 Å². The van der Waals surface area contributed by atoms with Crippen LogP contribution in [0.3, 0.4) is 0 Å². The van der Waals surface area contributed by atoms with Crippen LogP contribution in [0.2, 0.25) is 0 Å². The Bertz CT molecular complexity index is 637. The molecule has 0 amide bonds. The first-order valence-corrected chi connectivity index (χ1v) is 8.33. The quantitative estimate of drug-likeness (QED) is 0.732. The molecule has 1 aliphatic rings. The average Bonchev–Trinajstić information content (AvgIpc) is 2.63. The van der Waals surface area contributed by atoms with E-state index < -0.39 is 0 Å². The number of hydrogen-bond donors (Lipinski definition) is 0. The smallest absolute Gasteiger partial charge is 0.184 e. The third kappa shape index (κ3) is 4.32. The largest absolute Gasteiger partial charge is 0.376 e. The predicted molar refractivity (Wildman–Crippen MR) is 94.4 cm³/mol. The highest BCUT2D eigenvalue weighted by atomic mass is 16.7. The van der Waals surface area contributed by atoms with Crippen molar-refractivity contribution in [2.75, 3.05) is 13.2 Å². The van der Waals surface area contributed by atoms with Crippen LogP contribution in [0.25, 0.3) is 0 Å². The van der Waals surface area contributed by atoms with E-state index in [1.807, 2.05) is 55.5 Å². The zero-order valence-corrected chi connectivity index (χ0v) is 14.1. The summed E-state index contributed by atoms with van der Waals surface area (Å²) in [6.07, 6.45) is -0.391. The first-order chi connectivity index (χ1) is 11.7. The summed E-state index contributed by atoms with van der Waals surface area (Å²) in [5.74, 6) is 0.158. The zero-order valence-electron chi connectivity index (χ0n) is 14.1. The van der Waals surface area contributed by atoms with Gasteiger partial charge in [-0.1, -0.05) is 72.8 Å². The summed E-state index contributed by atoms with van der Waals surface area (Å²) in [5.41, 5.74) is 3.21. The van der Waals surface area contributed by atoms with Crippen molar-refractivity contribution in [2.24, 2.45) is 5.92 Å². The minimum atomic E-state index is -0.335. The Hall–Kier alpha value is -1.94. The van der Waals surface area contributed by atoms with Crippen LogP contribution in [0.4, 0.5) is 0 Å². The summed E-state index contributed by atoms with van der Waals surface area (Å²) in [6, 6.07) is 20.2. The summed E-state index contributed by atoms with van der Waals surface area (Å²) in [5, 5.41) is 0. The molecule has 0 aromatic heterocycles. The molecule has 2 aromatic rings. The van der Waals surface area contributed by atoms with E-state index in [0.717, 1.165) is 11.1 Å². The summed E-state index contributed by atoms with van der Waals surface area (Å²) in [6.45, 7) is 7.88. The van der Waals surface area contributed by atoms with E-state index in [1.54, 1.807) is 0 Å². The van der Waals surface area contributed by atoms with E-state index in [-0.39, 0.29) is 18.3 Å². The Morgan fingerprint density at radius 2 is 1.75 bits per heavy atom. The van der Waals surface area contributed by atoms with E-state index in [1.165, 1.54) is 5.56 Å². The second kappa shape index (κ2) is 8.25. The van der Waals surface area contributed by atoms with Gasteiger partial charge in [-0.3, -0.25) is 0 Å². The molecule has 2 aromatic carbocycles. The lowest BCUT2D eigenvalue weighted by Crippen LogP contribution is -2.39. The second-order valence-corrected chi connectivity index (χ2v) is 6.24. The molecule has 3 nitrogen and oxygen atoms in total. The van der Waals surface area contributed by atoms with Gasteiger partial charge in [0, 0.05) is 11.5 Å². The minimum Gasteiger partial charge on any atom is -0.376 e. The summed E-state index contributed by atoms with van der Waals surface area (Å²) >= 11 is 0. The van der Waals surface area contributed by atoms with Gasteiger partial charge in [0.1, 0.15) is 0 Å². The molecule has 24 heavy (non-hydrogen) atoms. The Balaban J connectivity index is 1.57. The highest BCUT2D eigenvalue weighted by Crippen LogP contribution is 2.32. The topological polar surface area (TPSA) is 27.7 Å². The zero-order chi connectivity index (χ0) is 16.8. The molecule has 126 valence electrons. The van der Waals surface area contributed by atoms with Gasteiger partial charge >= 0.3 is 0 Å². The third-order valence-corrected chi connectivity index (χ3v) is 4.16. The highest BCUT2D eigenvalue weighted by molar-refractivity contribution is 5.17. The monoisotopic (exact) mass is 324 g/mol. The number of ether oxygens (including phenoxy) is 3. The summed E-state index contributed by atoms with van der Waals surface area (Å²) < 4.78 is 17.9. The highest BCUT2D eigenvalue weighted by Gasteiger charge is 2.33. The standard InChI is InChI=1S/C21H24O3/c1-16(2)20-19(14-22-13-17-9-5-3-6-10-17)15-23-21(24-20)18-11-7-4-8-12-18/h3-12,19-21H,1,13-15H2,2H3/t19-,20+,21-/m0/s1. The van der Waals surface area contributed by atoms with Crippen molar-refractivity contribution < 1.29 is 14.2 Å². The molecule has 0 radical (unpaired) electrons. The van der Waals surface area contributed by atoms with Crippen LogP contribution in [-0.4, -0.2) is 19.3 Å². The maximum absolute atomic E-state index is 6.15. The lowest BCUT2D eigenvalue weighted by Gasteiger charge is -2.37. The normalized spacial score (nSPS) is 23.8. The molecule has 3 rings (SSSR count). The van der Waals surface area contributed by atoms with Gasteiger partial charge in [0.15, 0.2) is 6.29 Å². The van der Waals surface area contributed by atoms with Gasteiger partial charge in [0.05, 0.1) is 25.9 Å². The van der Waals surface area contributed by atoms with E-state index in [9.17, 15) is 0 Å². The average molecular weight is 324 g/mol. The van der Waals surface area contributed by atoms with Crippen LogP contribution < -0.4 is 0 Å². The molecule has 1 aliphatic heterocycles. The molecule has 0 spiro atoms. The first kappa shape index (κ1) is 16.9. The van der Waals surface area contributed by atoms with Gasteiger partial charge in [-0.2, -0.15) is 0 Å². The second-order valence-electron chi connectivity index (χ2n) is 6.24. The molecule has 0 saturated carbocycles. The molecule has 1 saturated heterocycles. The van der Waals surface area contributed by atoms with E-state index >= 15 is 0 Å². The van der Waals surface area contributed by atoms with Gasteiger partial charge in [-0.15, -0.1) is 0 Å². The first-order valence-electron chi connectivity index (χ1n) is 8.33. The van der Waals surface area contributed by atoms with Crippen molar-refractivity contribution in [3.8, 4) is 0 Å². The van der Waals surface area contributed by atoms with Crippen LogP contribution in [0.15, 0.2) is 72.8 Å². The van der Waals surface area contributed by atoms with E-state index in [2.05, 4.69) is 18.7 Å². The van der Waals surface area contributed by atoms with Crippen molar-refractivity contribution in [1.82, 2.24) is 0 Å². The molecule has 3 heteroatoms. The van der Waals surface area contributed by atoms with E-state index in [0.29, 0.717) is 19.8 Å². The molecule has 0 N–H and O–H groups in total. The maximum atomic E-state index is 6.15. The van der Waals surface area contributed by atoms with E-state index in [4.69, 9.17) is 14.2 Å². The Kier molecular flexibility index (Phi) is 5.81. The van der Waals surface area contributed by atoms with Crippen LogP contribution >= 0.6 is 0 Å². The van der Waals surface area contributed by atoms with Gasteiger partial charge in [-0.25, -0.2) is 0 Å². The summed E-state index contributed by atoms with van der Waals surface area (Å²) in [7, 11) is 0. The molecule has 1 fully saturated rings. The Morgan fingerprint density at radius 1 is 1.08 bits per heavy atom. The van der Waals surface area contributed by atoms with Crippen LogP contribution in [0.5, 0.6) is 0 Å². The lowest BCUT2D eigenvalue weighted by atomic mass is 9.97. The third-order valence-electron chi connectivity index (χ3n) is 4.16. The number of benzene rings is 2. The molecule has 3 atom stereocenters. The van der Waals surface area contributed by atoms with Crippen molar-refractivity contribution in [2.45, 2.75) is 25.9 Å². The van der Waals surface area contributed by atoms with Crippen molar-refractivity contribution in [1.29, 1.82) is 0 Å². The number of rotatable bonds is 6. The Labute approximate surface area is 143 Å². The fourth-order valence-electron chi connectivity index (χ4n) is 2.92. The summed E-state index contributed by atoms with van der Waals surface area (Å²) in [4.78, 5) is 0. The predicted octanol–water partition coefficient (Wildman–Crippen LogP) is 4.51. The fraction of sp³-hybridized carbons (Fsp3) is 0.333. The lowest BCUT2D eigenvalue weighted by molar-refractivity contribution is -0.238. The molecular weight excluding hydrogens is 300 g/mol. The Morgan fingerprint density at radius 3 is 2.42 bits per heavy atom. The number of hydrogen-bond acceptors (Lipinski definition) is 3. The van der Waals surface area contributed by atoms with Crippen LogP contribution in [0.1, 0.15) is 24.3 Å². The van der Waals surface area contributed by atoms with Gasteiger partial charge < -0.3 is 14.2 Å². The fourth-order valence-corrected chi connectivity index (χ4v) is 2.92. The molecular formula is C21H24O3. The maximum Gasteiger partial charge on any atom is 0.184 e. The molecule has 0 unspecified atom stereocenters. The van der Waals surface area contributed by atoms with Gasteiger partial charge in [-0.05, 0) is 12.5 Å². The van der Waals surface area contributed by atoms with Crippen molar-refractivity contribution >= 4 is 0 Å². The van der Waals surface area contributed by atoms with Crippen molar-refractivity contribution in [3.05, 3.63) is 83.9 Å². The van der Waals surface area contributed by atoms with Crippen LogP contribution in [0, 0.1) is 5.92 Å². The molecule has 0 aliphatic carbocycles. The van der Waals surface area contributed by atoms with Gasteiger partial charge in [0.2, 0.25) is 0 Å².